The van der Waals surface area contributed by atoms with Gasteiger partial charge in [0.1, 0.15) is 5.52 Å². The van der Waals surface area contributed by atoms with E-state index in [9.17, 15) is 0 Å². The predicted octanol–water partition coefficient (Wildman–Crippen LogP) is 3.39. The highest BCUT2D eigenvalue weighted by Crippen LogP contribution is 2.29. The molecule has 0 spiro atoms. The van der Waals surface area contributed by atoms with E-state index in [2.05, 4.69) is 17.3 Å². The second-order valence-corrected chi connectivity index (χ2v) is 4.62. The van der Waals surface area contributed by atoms with Gasteiger partial charge in [0.2, 0.25) is 0 Å². The molecule has 96 valence electrons. The van der Waals surface area contributed by atoms with Crippen molar-refractivity contribution in [2.45, 2.75) is 12.8 Å². The van der Waals surface area contributed by atoms with Crippen LogP contribution >= 0.6 is 0 Å². The molecular formula is C16H16N2O. The molecule has 2 N–H and O–H groups in total. The molecule has 0 amide bonds. The molecule has 1 aromatic heterocycles. The van der Waals surface area contributed by atoms with Crippen LogP contribution in [0.25, 0.3) is 22.2 Å². The van der Waals surface area contributed by atoms with Crippen LogP contribution in [0.3, 0.4) is 0 Å². The van der Waals surface area contributed by atoms with Crippen LogP contribution in [0.4, 0.5) is 0 Å². The summed E-state index contributed by atoms with van der Waals surface area (Å²) in [6, 6.07) is 16.3. The smallest absolute Gasteiger partial charge is 0.174 e. The molecule has 1 heterocycles. The van der Waals surface area contributed by atoms with Gasteiger partial charge in [0, 0.05) is 10.9 Å². The zero-order chi connectivity index (χ0) is 13.1. The largest absolute Gasteiger partial charge is 0.355 e. The summed E-state index contributed by atoms with van der Waals surface area (Å²) in [4.78, 5) is 0. The minimum Gasteiger partial charge on any atom is -0.355 e. The van der Waals surface area contributed by atoms with Gasteiger partial charge in [-0.2, -0.15) is 0 Å². The van der Waals surface area contributed by atoms with E-state index in [4.69, 9.17) is 10.3 Å². The van der Waals surface area contributed by atoms with E-state index in [-0.39, 0.29) is 0 Å². The number of aryl methyl sites for hydroxylation is 1. The molecule has 0 aliphatic rings. The number of fused-ring (bicyclic) bond motifs is 1. The monoisotopic (exact) mass is 252 g/mol. The Morgan fingerprint density at radius 1 is 1.05 bits per heavy atom. The lowest BCUT2D eigenvalue weighted by atomic mass is 10.0. The average molecular weight is 252 g/mol. The van der Waals surface area contributed by atoms with Crippen LogP contribution in [0, 0.1) is 0 Å². The normalized spacial score (nSPS) is 11.0. The first-order chi connectivity index (χ1) is 9.38. The van der Waals surface area contributed by atoms with E-state index in [1.54, 1.807) is 0 Å². The van der Waals surface area contributed by atoms with Crippen molar-refractivity contribution in [1.29, 1.82) is 0 Å². The van der Waals surface area contributed by atoms with E-state index in [1.165, 1.54) is 5.56 Å². The van der Waals surface area contributed by atoms with Crippen molar-refractivity contribution in [2.75, 3.05) is 6.54 Å². The highest BCUT2D eigenvalue weighted by Gasteiger charge is 2.10. The fraction of sp³-hybridized carbons (Fsp3) is 0.188. The fourth-order valence-corrected chi connectivity index (χ4v) is 2.25. The Morgan fingerprint density at radius 2 is 1.89 bits per heavy atom. The van der Waals surface area contributed by atoms with Gasteiger partial charge in [0.25, 0.3) is 0 Å². The summed E-state index contributed by atoms with van der Waals surface area (Å²) in [6.45, 7) is 0.715. The number of hydrogen-bond acceptors (Lipinski definition) is 3. The standard InChI is InChI=1S/C16H16N2O/c17-10-4-5-12-8-9-15-14(11-12)16(19-18-15)13-6-2-1-3-7-13/h1-3,6-9,11H,4-5,10,17H2. The third-order valence-electron chi connectivity index (χ3n) is 3.25. The van der Waals surface area contributed by atoms with Crippen molar-refractivity contribution in [1.82, 2.24) is 5.16 Å². The quantitative estimate of drug-likeness (QED) is 0.774. The maximum Gasteiger partial charge on any atom is 0.174 e. The average Bonchev–Trinajstić information content (AvgIpc) is 2.89. The second-order valence-electron chi connectivity index (χ2n) is 4.62. The van der Waals surface area contributed by atoms with Crippen LogP contribution in [-0.4, -0.2) is 11.7 Å². The summed E-state index contributed by atoms with van der Waals surface area (Å²) in [7, 11) is 0. The molecule has 0 bridgehead atoms. The Balaban J connectivity index is 2.05. The molecule has 0 saturated heterocycles. The molecule has 0 saturated carbocycles. The maximum atomic E-state index is 5.56. The Hall–Kier alpha value is -2.13. The summed E-state index contributed by atoms with van der Waals surface area (Å²) in [5, 5.41) is 5.19. The summed E-state index contributed by atoms with van der Waals surface area (Å²) in [5.74, 6) is 0.838. The van der Waals surface area contributed by atoms with Gasteiger partial charge in [-0.3, -0.25) is 0 Å². The minimum absolute atomic E-state index is 0.715. The van der Waals surface area contributed by atoms with Crippen molar-refractivity contribution in [2.24, 2.45) is 5.73 Å². The first-order valence-electron chi connectivity index (χ1n) is 6.52. The molecule has 0 atom stereocenters. The maximum absolute atomic E-state index is 5.56. The Kier molecular flexibility index (Phi) is 3.29. The van der Waals surface area contributed by atoms with E-state index in [0.29, 0.717) is 6.54 Å². The van der Waals surface area contributed by atoms with E-state index >= 15 is 0 Å². The topological polar surface area (TPSA) is 52.0 Å². The first-order valence-corrected chi connectivity index (χ1v) is 6.52. The van der Waals surface area contributed by atoms with Gasteiger partial charge in [-0.1, -0.05) is 41.6 Å². The van der Waals surface area contributed by atoms with Crippen molar-refractivity contribution in [3.8, 4) is 11.3 Å². The summed E-state index contributed by atoms with van der Waals surface area (Å²) >= 11 is 0. The van der Waals surface area contributed by atoms with Crippen molar-refractivity contribution < 1.29 is 4.52 Å². The van der Waals surface area contributed by atoms with Gasteiger partial charge >= 0.3 is 0 Å². The zero-order valence-electron chi connectivity index (χ0n) is 10.7. The van der Waals surface area contributed by atoms with E-state index in [0.717, 1.165) is 35.1 Å². The molecule has 3 rings (SSSR count). The van der Waals surface area contributed by atoms with Crippen molar-refractivity contribution in [3.63, 3.8) is 0 Å². The molecule has 0 fully saturated rings. The van der Waals surface area contributed by atoms with Crippen LogP contribution < -0.4 is 5.73 Å². The van der Waals surface area contributed by atoms with Gasteiger partial charge in [0.15, 0.2) is 5.76 Å². The zero-order valence-corrected chi connectivity index (χ0v) is 10.7. The van der Waals surface area contributed by atoms with Gasteiger partial charge in [-0.05, 0) is 37.1 Å². The number of nitrogens with two attached hydrogens (primary N) is 1. The van der Waals surface area contributed by atoms with E-state index in [1.807, 2.05) is 36.4 Å². The van der Waals surface area contributed by atoms with Crippen LogP contribution in [0.2, 0.25) is 0 Å². The first kappa shape index (κ1) is 11.9. The van der Waals surface area contributed by atoms with Crippen molar-refractivity contribution in [3.05, 3.63) is 54.1 Å². The second kappa shape index (κ2) is 5.24. The van der Waals surface area contributed by atoms with Crippen molar-refractivity contribution >= 4 is 10.9 Å². The molecular weight excluding hydrogens is 236 g/mol. The fourth-order valence-electron chi connectivity index (χ4n) is 2.25. The number of nitrogens with zero attached hydrogens (tertiary/aromatic N) is 1. The number of rotatable bonds is 4. The van der Waals surface area contributed by atoms with Gasteiger partial charge in [0.05, 0.1) is 0 Å². The van der Waals surface area contributed by atoms with Crippen LogP contribution in [0.15, 0.2) is 53.1 Å². The lowest BCUT2D eigenvalue weighted by Crippen LogP contribution is -2.00. The Morgan fingerprint density at radius 3 is 2.68 bits per heavy atom. The highest BCUT2D eigenvalue weighted by molar-refractivity contribution is 5.91. The third kappa shape index (κ3) is 2.37. The molecule has 3 heteroatoms. The summed E-state index contributed by atoms with van der Waals surface area (Å²) in [6.07, 6.45) is 1.99. The summed E-state index contributed by atoms with van der Waals surface area (Å²) in [5.41, 5.74) is 8.79. The molecule has 0 unspecified atom stereocenters. The summed E-state index contributed by atoms with van der Waals surface area (Å²) < 4.78 is 5.49. The third-order valence-corrected chi connectivity index (χ3v) is 3.25. The van der Waals surface area contributed by atoms with Gasteiger partial charge in [-0.15, -0.1) is 0 Å². The molecule has 0 aliphatic carbocycles. The Labute approximate surface area is 112 Å². The van der Waals surface area contributed by atoms with Gasteiger partial charge < -0.3 is 10.3 Å². The van der Waals surface area contributed by atoms with Crippen LogP contribution in [0.5, 0.6) is 0 Å². The minimum atomic E-state index is 0.715. The predicted molar refractivity (Wildman–Crippen MR) is 76.8 cm³/mol. The number of benzene rings is 2. The molecule has 0 radical (unpaired) electrons. The van der Waals surface area contributed by atoms with Gasteiger partial charge in [-0.25, -0.2) is 0 Å². The lowest BCUT2D eigenvalue weighted by Gasteiger charge is -2.00. The molecule has 0 aliphatic heterocycles. The lowest BCUT2D eigenvalue weighted by molar-refractivity contribution is 0.441. The highest BCUT2D eigenvalue weighted by atomic mass is 16.5. The molecule has 2 aromatic carbocycles. The van der Waals surface area contributed by atoms with E-state index < -0.39 is 0 Å². The van der Waals surface area contributed by atoms with Crippen LogP contribution in [0.1, 0.15) is 12.0 Å². The van der Waals surface area contributed by atoms with Crippen LogP contribution in [-0.2, 0) is 6.42 Å². The molecule has 3 nitrogen and oxygen atoms in total. The Bertz CT molecular complexity index is 674. The SMILES string of the molecule is NCCCc1ccc2noc(-c3ccccc3)c2c1. The molecule has 3 aromatic rings. The number of hydrogen-bond donors (Lipinski definition) is 1. The number of aromatic nitrogens is 1. The molecule has 19 heavy (non-hydrogen) atoms.